The summed E-state index contributed by atoms with van der Waals surface area (Å²) in [4.78, 5) is 8.86. The van der Waals surface area contributed by atoms with E-state index in [-0.39, 0.29) is 17.5 Å². The van der Waals surface area contributed by atoms with Gasteiger partial charge in [0.25, 0.3) is 0 Å². The molecule has 0 bridgehead atoms. The van der Waals surface area contributed by atoms with Crippen LogP contribution in [0.5, 0.6) is 5.88 Å². The van der Waals surface area contributed by atoms with Crippen LogP contribution in [0.15, 0.2) is 58.9 Å². The number of allylic oxidation sites excluding steroid dienone is 2. The summed E-state index contributed by atoms with van der Waals surface area (Å²) in [5.41, 5.74) is 1.76. The normalized spacial score (nSPS) is 23.8. The molecule has 0 saturated carbocycles. The van der Waals surface area contributed by atoms with Gasteiger partial charge >= 0.3 is 0 Å². The second kappa shape index (κ2) is 10.7. The van der Waals surface area contributed by atoms with Crippen LogP contribution in [0.3, 0.4) is 0 Å². The van der Waals surface area contributed by atoms with Crippen LogP contribution in [-0.2, 0) is 11.3 Å². The Labute approximate surface area is 203 Å². The molecular formula is C27H30FN3O2S. The Bertz CT molecular complexity index is 1120. The zero-order valence-corrected chi connectivity index (χ0v) is 20.1. The van der Waals surface area contributed by atoms with E-state index in [0.29, 0.717) is 29.0 Å². The van der Waals surface area contributed by atoms with E-state index in [1.165, 1.54) is 18.2 Å². The highest BCUT2D eigenvalue weighted by Gasteiger charge is 2.26. The Hall–Kier alpha value is -2.66. The van der Waals surface area contributed by atoms with Crippen LogP contribution in [0.25, 0.3) is 0 Å². The average molecular weight is 480 g/mol. The second-order valence-corrected chi connectivity index (χ2v) is 11.3. The van der Waals surface area contributed by atoms with E-state index in [1.807, 2.05) is 18.2 Å². The van der Waals surface area contributed by atoms with Gasteiger partial charge in [-0.2, -0.15) is 5.26 Å². The van der Waals surface area contributed by atoms with Gasteiger partial charge in [-0.1, -0.05) is 24.3 Å². The molecule has 0 amide bonds. The average Bonchev–Trinajstić information content (AvgIpc) is 3.28. The van der Waals surface area contributed by atoms with E-state index >= 15 is 0 Å². The molecule has 7 heteroatoms. The highest BCUT2D eigenvalue weighted by atomic mass is 32.2. The van der Waals surface area contributed by atoms with Gasteiger partial charge in [0.1, 0.15) is 12.4 Å². The van der Waals surface area contributed by atoms with Crippen LogP contribution in [-0.4, -0.2) is 48.0 Å². The number of nitriles is 1. The number of hydrogen-bond acceptors (Lipinski definition) is 5. The quantitative estimate of drug-likeness (QED) is 0.537. The lowest BCUT2D eigenvalue weighted by molar-refractivity contribution is -0.0344. The molecule has 34 heavy (non-hydrogen) atoms. The molecular weight excluding hydrogens is 449 g/mol. The zero-order valence-electron chi connectivity index (χ0n) is 19.2. The van der Waals surface area contributed by atoms with Crippen LogP contribution in [0.4, 0.5) is 4.39 Å². The fraction of sp³-hybridized carbons (Fsp3) is 0.407. The summed E-state index contributed by atoms with van der Waals surface area (Å²) in [6, 6.07) is 12.2. The molecule has 2 aromatic rings. The van der Waals surface area contributed by atoms with Gasteiger partial charge in [-0.15, -0.1) is 0 Å². The van der Waals surface area contributed by atoms with Crippen molar-refractivity contribution in [3.8, 4) is 11.9 Å². The molecule has 1 aromatic carbocycles. The summed E-state index contributed by atoms with van der Waals surface area (Å²) < 4.78 is 25.6. The number of benzene rings is 1. The van der Waals surface area contributed by atoms with Crippen LogP contribution in [0, 0.1) is 17.1 Å². The topological polar surface area (TPSA) is 58.4 Å². The number of nitrogens with zero attached hydrogens (tertiary/aromatic N) is 3. The zero-order chi connectivity index (χ0) is 23.3. The third kappa shape index (κ3) is 5.52. The molecule has 2 saturated heterocycles. The maximum Gasteiger partial charge on any atom is 0.213 e. The van der Waals surface area contributed by atoms with Crippen molar-refractivity contribution in [2.75, 3.05) is 32.0 Å². The highest BCUT2D eigenvalue weighted by Crippen LogP contribution is 2.44. The number of rotatable bonds is 8. The highest BCUT2D eigenvalue weighted by molar-refractivity contribution is 8.23. The lowest BCUT2D eigenvalue weighted by Gasteiger charge is -2.35. The standard InChI is InChI=1S/C27H30FN3O2S/c28-25-15-20(16-29)6-7-22(25)18-33-27-5-1-4-26(30-27)21-8-11-31(12-9-21)17-24-3-2-14-34(24)19-23-10-13-32-23/h1-7,14-15,21,23,34H,8-13,17-19H2. The smallest absolute Gasteiger partial charge is 0.213 e. The molecule has 3 aliphatic rings. The summed E-state index contributed by atoms with van der Waals surface area (Å²) in [5, 5.41) is 11.3. The predicted octanol–water partition coefficient (Wildman–Crippen LogP) is 5.05. The molecule has 178 valence electrons. The van der Waals surface area contributed by atoms with E-state index in [0.717, 1.165) is 44.8 Å². The third-order valence-electron chi connectivity index (χ3n) is 6.81. The third-order valence-corrected chi connectivity index (χ3v) is 9.17. The first-order chi connectivity index (χ1) is 16.7. The number of ether oxygens (including phenoxy) is 2. The molecule has 2 unspecified atom stereocenters. The summed E-state index contributed by atoms with van der Waals surface area (Å²) in [6.45, 7) is 4.20. The van der Waals surface area contributed by atoms with Crippen LogP contribution in [0.1, 0.15) is 42.0 Å². The van der Waals surface area contributed by atoms with Gasteiger partial charge < -0.3 is 9.47 Å². The van der Waals surface area contributed by atoms with Crippen molar-refractivity contribution < 1.29 is 13.9 Å². The lowest BCUT2D eigenvalue weighted by atomic mass is 9.93. The number of halogens is 1. The minimum atomic E-state index is -0.431. The van der Waals surface area contributed by atoms with Crippen molar-refractivity contribution >= 4 is 10.9 Å². The van der Waals surface area contributed by atoms with Crippen molar-refractivity contribution in [3.63, 3.8) is 0 Å². The van der Waals surface area contributed by atoms with E-state index in [2.05, 4.69) is 28.5 Å². The summed E-state index contributed by atoms with van der Waals surface area (Å²) >= 11 is 0. The number of piperidine rings is 1. The molecule has 0 spiro atoms. The molecule has 5 nitrogen and oxygen atoms in total. The van der Waals surface area contributed by atoms with Gasteiger partial charge in [0.2, 0.25) is 5.88 Å². The Kier molecular flexibility index (Phi) is 7.29. The van der Waals surface area contributed by atoms with Crippen molar-refractivity contribution in [1.29, 1.82) is 5.26 Å². The van der Waals surface area contributed by atoms with Crippen LogP contribution >= 0.6 is 10.9 Å². The first-order valence-electron chi connectivity index (χ1n) is 11.9. The SMILES string of the molecule is N#Cc1ccc(COc2cccc(C3CCN(CC4=CC=C[SH]4CC4CCO4)CC3)n2)c(F)c1. The maximum absolute atomic E-state index is 14.1. The monoisotopic (exact) mass is 479 g/mol. The number of likely N-dealkylation sites (tertiary alicyclic amines) is 1. The minimum Gasteiger partial charge on any atom is -0.473 e. The number of pyridine rings is 1. The van der Waals surface area contributed by atoms with Crippen LogP contribution in [0.2, 0.25) is 0 Å². The van der Waals surface area contributed by atoms with Crippen molar-refractivity contribution in [2.45, 2.75) is 37.9 Å². The summed E-state index contributed by atoms with van der Waals surface area (Å²) in [7, 11) is -0.173. The molecule has 0 radical (unpaired) electrons. The second-order valence-electron chi connectivity index (χ2n) is 9.09. The molecule has 2 atom stereocenters. The molecule has 0 N–H and O–H groups in total. The van der Waals surface area contributed by atoms with Crippen molar-refractivity contribution in [2.24, 2.45) is 0 Å². The first kappa shape index (κ1) is 23.1. The van der Waals surface area contributed by atoms with E-state index in [4.69, 9.17) is 19.7 Å². The fourth-order valence-corrected chi connectivity index (χ4v) is 6.89. The first-order valence-corrected chi connectivity index (χ1v) is 13.5. The van der Waals surface area contributed by atoms with E-state index in [9.17, 15) is 4.39 Å². The van der Waals surface area contributed by atoms with Gasteiger partial charge in [0, 0.05) is 42.1 Å². The van der Waals surface area contributed by atoms with Crippen molar-refractivity contribution in [1.82, 2.24) is 9.88 Å². The number of thiol groups is 1. The Morgan fingerprint density at radius 1 is 1.21 bits per heavy atom. The summed E-state index contributed by atoms with van der Waals surface area (Å²) in [6.07, 6.45) is 8.37. The van der Waals surface area contributed by atoms with Gasteiger partial charge in [0.15, 0.2) is 0 Å². The number of hydrogen-bond donors (Lipinski definition) is 1. The lowest BCUT2D eigenvalue weighted by Crippen LogP contribution is -2.35. The molecule has 1 aromatic heterocycles. The van der Waals surface area contributed by atoms with E-state index in [1.54, 1.807) is 17.0 Å². The molecule has 3 aliphatic heterocycles. The molecule has 4 heterocycles. The molecule has 2 fully saturated rings. The van der Waals surface area contributed by atoms with Gasteiger partial charge in [-0.3, -0.25) is 4.90 Å². The van der Waals surface area contributed by atoms with Gasteiger partial charge in [-0.05, 0) is 60.9 Å². The fourth-order valence-electron chi connectivity index (χ4n) is 4.66. The Morgan fingerprint density at radius 3 is 2.79 bits per heavy atom. The van der Waals surface area contributed by atoms with Crippen molar-refractivity contribution in [3.05, 3.63) is 81.5 Å². The largest absolute Gasteiger partial charge is 0.473 e. The summed E-state index contributed by atoms with van der Waals surface area (Å²) in [5.74, 6) is 1.66. The van der Waals surface area contributed by atoms with Crippen LogP contribution < -0.4 is 4.74 Å². The molecule has 0 aliphatic carbocycles. The van der Waals surface area contributed by atoms with E-state index < -0.39 is 5.82 Å². The maximum atomic E-state index is 14.1. The van der Waals surface area contributed by atoms with Gasteiger partial charge in [0.05, 0.1) is 17.7 Å². The van der Waals surface area contributed by atoms with Gasteiger partial charge in [-0.25, -0.2) is 20.3 Å². The molecule has 5 rings (SSSR count). The Balaban J connectivity index is 1.12. The minimum absolute atomic E-state index is 0.0878. The number of aromatic nitrogens is 1. The Morgan fingerprint density at radius 2 is 2.06 bits per heavy atom. The predicted molar refractivity (Wildman–Crippen MR) is 134 cm³/mol.